The van der Waals surface area contributed by atoms with Gasteiger partial charge in [0.1, 0.15) is 0 Å². The summed E-state index contributed by atoms with van der Waals surface area (Å²) in [5, 5.41) is 0.631. The highest BCUT2D eigenvalue weighted by Gasteiger charge is 2.24. The lowest BCUT2D eigenvalue weighted by Crippen LogP contribution is -2.24. The van der Waals surface area contributed by atoms with E-state index in [-0.39, 0.29) is 5.91 Å². The predicted molar refractivity (Wildman–Crippen MR) is 88.3 cm³/mol. The van der Waals surface area contributed by atoms with Crippen LogP contribution in [0.5, 0.6) is 0 Å². The van der Waals surface area contributed by atoms with E-state index in [2.05, 4.69) is 19.1 Å². The van der Waals surface area contributed by atoms with Crippen LogP contribution in [0.4, 0.5) is 0 Å². The molecular formula is C17H14ClNOS. The Kier molecular flexibility index (Phi) is 3.79. The maximum atomic E-state index is 12.6. The molecule has 0 bridgehead atoms. The maximum absolute atomic E-state index is 12.6. The number of hydrogen-bond acceptors (Lipinski definition) is 2. The van der Waals surface area contributed by atoms with Gasteiger partial charge in [-0.1, -0.05) is 23.7 Å². The number of carbonyl (C=O) groups excluding carboxylic acids is 1. The Hall–Kier alpha value is -1.71. The number of allylic oxidation sites excluding steroid dienone is 1. The van der Waals surface area contributed by atoms with Crippen molar-refractivity contribution in [2.45, 2.75) is 18.7 Å². The van der Waals surface area contributed by atoms with Gasteiger partial charge in [0.15, 0.2) is 0 Å². The van der Waals surface area contributed by atoms with Gasteiger partial charge >= 0.3 is 0 Å². The van der Waals surface area contributed by atoms with E-state index in [4.69, 9.17) is 11.6 Å². The third-order valence-electron chi connectivity index (χ3n) is 3.42. The Morgan fingerprint density at radius 2 is 1.81 bits per heavy atom. The van der Waals surface area contributed by atoms with Crippen LogP contribution in [0, 0.1) is 6.92 Å². The largest absolute Gasteiger partial charge is 0.268 e. The Bertz CT molecular complexity index is 737. The van der Waals surface area contributed by atoms with Crippen LogP contribution >= 0.6 is 23.5 Å². The Balaban J connectivity index is 1.95. The molecular weight excluding hydrogens is 302 g/mol. The molecule has 1 aliphatic rings. The van der Waals surface area contributed by atoms with Gasteiger partial charge in [-0.3, -0.25) is 4.79 Å². The average molecular weight is 316 g/mol. The molecule has 0 aliphatic carbocycles. The van der Waals surface area contributed by atoms with Gasteiger partial charge in [-0.05, 0) is 73.3 Å². The molecule has 0 saturated carbocycles. The van der Waals surface area contributed by atoms with Crippen LogP contribution in [0.3, 0.4) is 0 Å². The molecule has 21 heavy (non-hydrogen) atoms. The fourth-order valence-corrected chi connectivity index (χ4v) is 3.43. The minimum atomic E-state index is -0.0300. The van der Waals surface area contributed by atoms with Crippen LogP contribution in [0.25, 0.3) is 6.08 Å². The third kappa shape index (κ3) is 2.71. The SMILES string of the molecule is CC1=Cc2c(C)cccc2SN1C(=O)c1ccc(Cl)cc1. The predicted octanol–water partition coefficient (Wildman–Crippen LogP) is 5.17. The lowest BCUT2D eigenvalue weighted by Gasteiger charge is -2.27. The van der Waals surface area contributed by atoms with Crippen molar-refractivity contribution >= 4 is 35.5 Å². The van der Waals surface area contributed by atoms with E-state index in [9.17, 15) is 4.79 Å². The van der Waals surface area contributed by atoms with Gasteiger partial charge in [-0.25, -0.2) is 4.31 Å². The van der Waals surface area contributed by atoms with Gasteiger partial charge in [-0.15, -0.1) is 0 Å². The first-order valence-electron chi connectivity index (χ1n) is 6.62. The molecule has 0 unspecified atom stereocenters. The van der Waals surface area contributed by atoms with Gasteiger partial charge in [-0.2, -0.15) is 0 Å². The summed E-state index contributed by atoms with van der Waals surface area (Å²) in [4.78, 5) is 13.7. The number of amides is 1. The van der Waals surface area contributed by atoms with Crippen molar-refractivity contribution in [2.24, 2.45) is 0 Å². The molecule has 0 aromatic heterocycles. The fraction of sp³-hybridized carbons (Fsp3) is 0.118. The van der Waals surface area contributed by atoms with Crippen molar-refractivity contribution in [2.75, 3.05) is 0 Å². The molecule has 0 radical (unpaired) electrons. The zero-order chi connectivity index (χ0) is 15.0. The van der Waals surface area contributed by atoms with Gasteiger partial charge < -0.3 is 0 Å². The zero-order valence-electron chi connectivity index (χ0n) is 11.8. The van der Waals surface area contributed by atoms with Gasteiger partial charge in [0.25, 0.3) is 5.91 Å². The first-order valence-corrected chi connectivity index (χ1v) is 7.77. The summed E-state index contributed by atoms with van der Waals surface area (Å²) in [7, 11) is 0. The number of rotatable bonds is 1. The highest BCUT2D eigenvalue weighted by molar-refractivity contribution is 7.97. The molecule has 1 amide bonds. The molecule has 2 nitrogen and oxygen atoms in total. The first-order chi connectivity index (χ1) is 10.1. The number of halogens is 1. The number of hydrogen-bond donors (Lipinski definition) is 0. The summed E-state index contributed by atoms with van der Waals surface area (Å²) < 4.78 is 1.73. The highest BCUT2D eigenvalue weighted by Crippen LogP contribution is 2.38. The van der Waals surface area contributed by atoms with Crippen molar-refractivity contribution in [3.8, 4) is 0 Å². The minimum Gasteiger partial charge on any atom is -0.268 e. The van der Waals surface area contributed by atoms with E-state index < -0.39 is 0 Å². The standard InChI is InChI=1S/C17H14ClNOS/c1-11-4-3-5-16-15(11)10-12(2)19(21-16)17(20)13-6-8-14(18)9-7-13/h3-10H,1-2H3. The molecule has 106 valence electrons. The quantitative estimate of drug-likeness (QED) is 0.676. The molecule has 0 atom stereocenters. The number of fused-ring (bicyclic) bond motifs is 1. The van der Waals surface area contributed by atoms with Gasteiger partial charge in [0.2, 0.25) is 0 Å². The number of aryl methyl sites for hydroxylation is 1. The topological polar surface area (TPSA) is 20.3 Å². The van der Waals surface area contributed by atoms with Crippen LogP contribution in [0.15, 0.2) is 53.1 Å². The smallest absolute Gasteiger partial charge is 0.268 e. The maximum Gasteiger partial charge on any atom is 0.268 e. The molecule has 1 heterocycles. The van der Waals surface area contributed by atoms with Crippen LogP contribution in [0.2, 0.25) is 5.02 Å². The van der Waals surface area contributed by atoms with Crippen molar-refractivity contribution in [1.29, 1.82) is 0 Å². The molecule has 3 rings (SSSR count). The molecule has 0 spiro atoms. The van der Waals surface area contributed by atoms with E-state index in [1.807, 2.05) is 19.1 Å². The van der Waals surface area contributed by atoms with E-state index in [1.165, 1.54) is 23.1 Å². The fourth-order valence-electron chi connectivity index (χ4n) is 2.27. The molecule has 2 aromatic carbocycles. The second-order valence-corrected chi connectivity index (χ2v) is 6.39. The second kappa shape index (κ2) is 5.58. The lowest BCUT2D eigenvalue weighted by molar-refractivity contribution is 0.0898. The number of benzene rings is 2. The molecule has 1 aliphatic heterocycles. The van der Waals surface area contributed by atoms with Crippen LogP contribution in [0.1, 0.15) is 28.4 Å². The van der Waals surface area contributed by atoms with Crippen LogP contribution in [-0.2, 0) is 0 Å². The molecule has 0 N–H and O–H groups in total. The summed E-state index contributed by atoms with van der Waals surface area (Å²) in [6.07, 6.45) is 2.06. The van der Waals surface area contributed by atoms with Crippen molar-refractivity contribution in [3.63, 3.8) is 0 Å². The Morgan fingerprint density at radius 3 is 2.52 bits per heavy atom. The normalized spacial score (nSPS) is 13.7. The number of nitrogens with zero attached hydrogens (tertiary/aromatic N) is 1. The molecule has 4 heteroatoms. The molecule has 0 saturated heterocycles. The molecule has 0 fully saturated rings. The van der Waals surface area contributed by atoms with E-state index in [0.717, 1.165) is 10.6 Å². The van der Waals surface area contributed by atoms with Gasteiger partial charge in [0, 0.05) is 21.2 Å². The summed E-state index contributed by atoms with van der Waals surface area (Å²) in [5.41, 5.74) is 3.98. The summed E-state index contributed by atoms with van der Waals surface area (Å²) in [6, 6.07) is 13.1. The summed E-state index contributed by atoms with van der Waals surface area (Å²) >= 11 is 7.34. The van der Waals surface area contributed by atoms with E-state index >= 15 is 0 Å². The lowest BCUT2D eigenvalue weighted by atomic mass is 10.1. The summed E-state index contributed by atoms with van der Waals surface area (Å²) in [6.45, 7) is 4.04. The van der Waals surface area contributed by atoms with E-state index in [1.54, 1.807) is 28.6 Å². The van der Waals surface area contributed by atoms with E-state index in [0.29, 0.717) is 10.6 Å². The average Bonchev–Trinajstić information content (AvgIpc) is 2.48. The summed E-state index contributed by atoms with van der Waals surface area (Å²) in [5.74, 6) is -0.0300. The Labute approximate surface area is 133 Å². The Morgan fingerprint density at radius 1 is 1.10 bits per heavy atom. The van der Waals surface area contributed by atoms with Gasteiger partial charge in [0.05, 0.1) is 0 Å². The van der Waals surface area contributed by atoms with Crippen LogP contribution in [-0.4, -0.2) is 10.2 Å². The highest BCUT2D eigenvalue weighted by atomic mass is 35.5. The van der Waals surface area contributed by atoms with Crippen LogP contribution < -0.4 is 0 Å². The van der Waals surface area contributed by atoms with Crippen molar-refractivity contribution in [3.05, 3.63) is 69.9 Å². The first kappa shape index (κ1) is 14.2. The monoisotopic (exact) mass is 315 g/mol. The minimum absolute atomic E-state index is 0.0300. The zero-order valence-corrected chi connectivity index (χ0v) is 13.3. The van der Waals surface area contributed by atoms with Crippen molar-refractivity contribution < 1.29 is 4.79 Å². The number of carbonyl (C=O) groups is 1. The third-order valence-corrected chi connectivity index (χ3v) is 4.86. The second-order valence-electron chi connectivity index (χ2n) is 4.97. The van der Waals surface area contributed by atoms with Crippen molar-refractivity contribution in [1.82, 2.24) is 4.31 Å². The molecule has 2 aromatic rings.